The van der Waals surface area contributed by atoms with E-state index in [0.29, 0.717) is 30.2 Å². The van der Waals surface area contributed by atoms with Gasteiger partial charge in [-0.25, -0.2) is 4.39 Å². The Morgan fingerprint density at radius 2 is 1.92 bits per heavy atom. The van der Waals surface area contributed by atoms with Crippen LogP contribution in [0.25, 0.3) is 10.9 Å². The highest BCUT2D eigenvalue weighted by Gasteiger charge is 2.41. The van der Waals surface area contributed by atoms with Crippen LogP contribution in [0.15, 0.2) is 72.5 Å². The topological polar surface area (TPSA) is 42.3 Å². The number of Topliss-reactive ketones (excluding diaryl/α,β-unsaturated/α-hetero) is 1. The summed E-state index contributed by atoms with van der Waals surface area (Å²) in [4.78, 5) is 27.9. The molecule has 2 aromatic carbocycles. The van der Waals surface area contributed by atoms with Crippen molar-refractivity contribution in [2.75, 3.05) is 13.1 Å². The lowest BCUT2D eigenvalue weighted by molar-refractivity contribution is -0.114. The number of ketones is 1. The minimum absolute atomic E-state index is 0.00626. The third-order valence-electron chi connectivity index (χ3n) is 7.92. The second-order valence-corrected chi connectivity index (χ2v) is 10.7. The normalized spacial score (nSPS) is 19.4. The van der Waals surface area contributed by atoms with E-state index < -0.39 is 0 Å². The summed E-state index contributed by atoms with van der Waals surface area (Å²) in [6, 6.07) is 12.0. The van der Waals surface area contributed by atoms with E-state index in [1.165, 1.54) is 12.1 Å². The summed E-state index contributed by atoms with van der Waals surface area (Å²) in [6.07, 6.45) is 10.5. The van der Waals surface area contributed by atoms with Gasteiger partial charge in [0.1, 0.15) is 5.82 Å². The lowest BCUT2D eigenvalue weighted by atomic mass is 9.64. The number of piperidine rings is 1. The molecule has 5 rings (SSSR count). The lowest BCUT2D eigenvalue weighted by Crippen LogP contribution is -2.45. The highest BCUT2D eigenvalue weighted by atomic mass is 35.5. The van der Waals surface area contributed by atoms with Gasteiger partial charge in [0.15, 0.2) is 5.78 Å². The molecule has 0 bridgehead atoms. The van der Waals surface area contributed by atoms with Gasteiger partial charge in [0.05, 0.1) is 11.1 Å². The van der Waals surface area contributed by atoms with Crippen molar-refractivity contribution in [3.8, 4) is 0 Å². The molecule has 2 heterocycles. The highest BCUT2D eigenvalue weighted by molar-refractivity contribution is 6.31. The molecule has 1 amide bonds. The van der Waals surface area contributed by atoms with Gasteiger partial charge in [-0.1, -0.05) is 55.0 Å². The summed E-state index contributed by atoms with van der Waals surface area (Å²) in [5, 5.41) is 1.43. The first-order valence-electron chi connectivity index (χ1n) is 12.4. The Labute approximate surface area is 216 Å². The number of allylic oxidation sites excluding steroid dienone is 4. The van der Waals surface area contributed by atoms with Crippen LogP contribution in [0.4, 0.5) is 4.39 Å². The van der Waals surface area contributed by atoms with E-state index >= 15 is 0 Å². The van der Waals surface area contributed by atoms with Crippen molar-refractivity contribution < 1.29 is 14.0 Å². The maximum Gasteiger partial charge on any atom is 0.256 e. The van der Waals surface area contributed by atoms with Gasteiger partial charge in [0, 0.05) is 36.2 Å². The summed E-state index contributed by atoms with van der Waals surface area (Å²) >= 11 is 6.29. The second-order valence-electron chi connectivity index (χ2n) is 10.3. The largest absolute Gasteiger partial charge is 0.342 e. The number of carbonyl (C=O) groups is 2. The van der Waals surface area contributed by atoms with Crippen molar-refractivity contribution >= 4 is 34.2 Å². The number of rotatable bonds is 5. The maximum atomic E-state index is 13.8. The molecule has 6 heteroatoms. The molecule has 1 aromatic heterocycles. The molecular formula is C30H30ClFN2O2. The summed E-state index contributed by atoms with van der Waals surface area (Å²) < 4.78 is 15.7. The van der Waals surface area contributed by atoms with Crippen molar-refractivity contribution in [1.29, 1.82) is 0 Å². The molecule has 0 N–H and O–H groups in total. The van der Waals surface area contributed by atoms with Gasteiger partial charge in [-0.2, -0.15) is 0 Å². The van der Waals surface area contributed by atoms with Gasteiger partial charge in [0.2, 0.25) is 0 Å². The smallest absolute Gasteiger partial charge is 0.256 e. The fraction of sp³-hybridized carbons (Fsp3) is 0.333. The van der Waals surface area contributed by atoms with E-state index in [4.69, 9.17) is 11.6 Å². The molecule has 1 fully saturated rings. The molecule has 4 nitrogen and oxygen atoms in total. The molecular weight excluding hydrogens is 475 g/mol. The van der Waals surface area contributed by atoms with E-state index in [-0.39, 0.29) is 28.8 Å². The number of hydrogen-bond acceptors (Lipinski definition) is 2. The summed E-state index contributed by atoms with van der Waals surface area (Å²) in [7, 11) is 0. The van der Waals surface area contributed by atoms with E-state index in [1.54, 1.807) is 19.1 Å². The Morgan fingerprint density at radius 1 is 1.14 bits per heavy atom. The fourth-order valence-electron chi connectivity index (χ4n) is 5.79. The third-order valence-corrected chi connectivity index (χ3v) is 8.15. The molecule has 1 aliphatic carbocycles. The first-order valence-corrected chi connectivity index (χ1v) is 12.8. The Balaban J connectivity index is 1.39. The summed E-state index contributed by atoms with van der Waals surface area (Å²) in [5.41, 5.74) is 3.17. The number of nitrogens with zero attached hydrogens (tertiary/aromatic N) is 2. The number of aromatic nitrogens is 1. The van der Waals surface area contributed by atoms with Crippen LogP contribution in [0.5, 0.6) is 0 Å². The number of fused-ring (bicyclic) bond motifs is 1. The van der Waals surface area contributed by atoms with E-state index in [9.17, 15) is 14.0 Å². The minimum atomic E-state index is -0.286. The van der Waals surface area contributed by atoms with Gasteiger partial charge in [0.25, 0.3) is 5.91 Å². The third kappa shape index (κ3) is 4.64. The molecule has 0 spiro atoms. The minimum Gasteiger partial charge on any atom is -0.342 e. The molecule has 186 valence electrons. The average molecular weight is 505 g/mol. The van der Waals surface area contributed by atoms with E-state index in [2.05, 4.69) is 13.0 Å². The molecule has 1 atom stereocenters. The molecule has 36 heavy (non-hydrogen) atoms. The quantitative estimate of drug-likeness (QED) is 0.382. The number of carbonyl (C=O) groups excluding carboxylic acids is 2. The van der Waals surface area contributed by atoms with Gasteiger partial charge in [-0.3, -0.25) is 9.59 Å². The summed E-state index contributed by atoms with van der Waals surface area (Å²) in [5.74, 6) is 0.0283. The van der Waals surface area contributed by atoms with Gasteiger partial charge >= 0.3 is 0 Å². The van der Waals surface area contributed by atoms with Crippen molar-refractivity contribution in [2.24, 2.45) is 11.3 Å². The zero-order valence-corrected chi connectivity index (χ0v) is 21.4. The molecule has 1 saturated heterocycles. The first-order chi connectivity index (χ1) is 17.2. The van der Waals surface area contributed by atoms with Crippen LogP contribution < -0.4 is 0 Å². The highest BCUT2D eigenvalue weighted by Crippen LogP contribution is 2.45. The summed E-state index contributed by atoms with van der Waals surface area (Å²) in [6.45, 7) is 5.62. The van der Waals surface area contributed by atoms with Gasteiger partial charge in [-0.15, -0.1) is 0 Å². The van der Waals surface area contributed by atoms with Crippen LogP contribution in [0.2, 0.25) is 5.02 Å². The zero-order chi connectivity index (χ0) is 25.4. The Kier molecular flexibility index (Phi) is 6.60. The van der Waals surface area contributed by atoms with Crippen LogP contribution >= 0.6 is 11.6 Å². The lowest BCUT2D eigenvalue weighted by Gasteiger charge is -2.45. The Bertz CT molecular complexity index is 1400. The van der Waals surface area contributed by atoms with Gasteiger partial charge in [-0.05, 0) is 72.9 Å². The van der Waals surface area contributed by atoms with Crippen LogP contribution in [0.3, 0.4) is 0 Å². The fourth-order valence-corrected chi connectivity index (χ4v) is 5.96. The van der Waals surface area contributed by atoms with Crippen LogP contribution in [0, 0.1) is 17.2 Å². The Morgan fingerprint density at radius 3 is 2.64 bits per heavy atom. The molecule has 1 unspecified atom stereocenters. The van der Waals surface area contributed by atoms with Crippen LogP contribution in [-0.2, 0) is 11.3 Å². The predicted octanol–water partition coefficient (Wildman–Crippen LogP) is 6.82. The van der Waals surface area contributed by atoms with Crippen molar-refractivity contribution in [2.45, 2.75) is 39.7 Å². The first kappa shape index (κ1) is 24.5. The van der Waals surface area contributed by atoms with Gasteiger partial charge < -0.3 is 9.47 Å². The maximum absolute atomic E-state index is 13.8. The standard InChI is InChI=1S/C30H30ClFN2O2/c1-20(35)24-8-3-4-9-27(24)30(2)12-14-33(15-13-30)29(36)26-19-34(18-21-6-5-7-23(32)16-21)28-17-22(31)10-11-25(26)28/h3-8,10-11,16-17,19,27H,9,12-15,18H2,1-2H3. The Hall–Kier alpha value is -3.18. The SMILES string of the molecule is CC(=O)C1=CC=CCC1C1(C)CCN(C(=O)c2cn(Cc3cccc(F)c3)c3cc(Cl)ccc23)CC1. The molecule has 2 aliphatic rings. The van der Waals surface area contributed by atoms with E-state index in [0.717, 1.165) is 41.3 Å². The van der Waals surface area contributed by atoms with Crippen molar-refractivity contribution in [1.82, 2.24) is 9.47 Å². The predicted molar refractivity (Wildman–Crippen MR) is 142 cm³/mol. The second kappa shape index (κ2) is 9.70. The van der Waals surface area contributed by atoms with Crippen LogP contribution in [0.1, 0.15) is 49.0 Å². The zero-order valence-electron chi connectivity index (χ0n) is 20.6. The number of halogens is 2. The number of likely N-dealkylation sites (tertiary alicyclic amines) is 1. The number of benzene rings is 2. The molecule has 1 aliphatic heterocycles. The molecule has 0 saturated carbocycles. The molecule has 0 radical (unpaired) electrons. The van der Waals surface area contributed by atoms with Crippen molar-refractivity contribution in [3.63, 3.8) is 0 Å². The van der Waals surface area contributed by atoms with Crippen molar-refractivity contribution in [3.05, 3.63) is 94.4 Å². The molecule has 3 aromatic rings. The monoisotopic (exact) mass is 504 g/mol. The van der Waals surface area contributed by atoms with Crippen LogP contribution in [-0.4, -0.2) is 34.2 Å². The average Bonchev–Trinajstić information content (AvgIpc) is 3.21. The number of amides is 1. The number of hydrogen-bond donors (Lipinski definition) is 0. The van der Waals surface area contributed by atoms with E-state index in [1.807, 2.05) is 46.0 Å².